The second-order valence-corrected chi connectivity index (χ2v) is 6.68. The summed E-state index contributed by atoms with van der Waals surface area (Å²) in [5.74, 6) is -0.522. The van der Waals surface area contributed by atoms with Gasteiger partial charge in [0.25, 0.3) is 5.91 Å². The van der Waals surface area contributed by atoms with Gasteiger partial charge < -0.3 is 4.74 Å². The molecule has 25 heavy (non-hydrogen) atoms. The number of halogens is 3. The van der Waals surface area contributed by atoms with Gasteiger partial charge in [-0.15, -0.1) is 11.3 Å². The number of carbonyl (C=O) groups is 1. The minimum absolute atomic E-state index is 0.0726. The van der Waals surface area contributed by atoms with Gasteiger partial charge in [-0.25, -0.2) is 4.98 Å². The zero-order valence-electron chi connectivity index (χ0n) is 12.6. The molecule has 3 rings (SSSR count). The van der Waals surface area contributed by atoms with Crippen LogP contribution in [-0.4, -0.2) is 17.5 Å². The number of amides is 1. The predicted molar refractivity (Wildman–Crippen MR) is 96.3 cm³/mol. The van der Waals surface area contributed by atoms with Gasteiger partial charge in [0.1, 0.15) is 5.75 Å². The summed E-state index contributed by atoms with van der Waals surface area (Å²) in [5, 5.41) is 4.90. The summed E-state index contributed by atoms with van der Waals surface area (Å²) in [4.78, 5) is 16.6. The van der Waals surface area contributed by atoms with E-state index in [-0.39, 0.29) is 11.3 Å². The van der Waals surface area contributed by atoms with Gasteiger partial charge in [0.05, 0.1) is 5.69 Å². The van der Waals surface area contributed by atoms with E-state index in [1.54, 1.807) is 0 Å². The van der Waals surface area contributed by atoms with Crippen molar-refractivity contribution < 1.29 is 18.3 Å². The highest BCUT2D eigenvalue weighted by Gasteiger charge is 2.12. The average molecular weight is 425 g/mol. The number of benzene rings is 2. The predicted octanol–water partition coefficient (Wildman–Crippen LogP) is 5.43. The SMILES string of the molecule is O=C(Nc1nc(-c2cccc(Br)c2)cs1)c1cccc(OC(F)F)c1. The van der Waals surface area contributed by atoms with Gasteiger partial charge in [-0.3, -0.25) is 10.1 Å². The molecule has 1 aromatic heterocycles. The zero-order valence-corrected chi connectivity index (χ0v) is 15.0. The number of nitrogens with zero attached hydrogens (tertiary/aromatic N) is 1. The molecular formula is C17H11BrF2N2O2S. The summed E-state index contributed by atoms with van der Waals surface area (Å²) in [5.41, 5.74) is 1.85. The number of alkyl halides is 2. The molecule has 2 aromatic carbocycles. The average Bonchev–Trinajstić information content (AvgIpc) is 3.03. The fourth-order valence-corrected chi connectivity index (χ4v) is 3.21. The van der Waals surface area contributed by atoms with Crippen molar-refractivity contribution in [2.45, 2.75) is 6.61 Å². The fourth-order valence-electron chi connectivity index (χ4n) is 2.09. The lowest BCUT2D eigenvalue weighted by molar-refractivity contribution is -0.0498. The summed E-state index contributed by atoms with van der Waals surface area (Å²) >= 11 is 4.68. The number of anilines is 1. The smallest absolute Gasteiger partial charge is 0.387 e. The van der Waals surface area contributed by atoms with E-state index in [1.165, 1.54) is 35.6 Å². The number of nitrogens with one attached hydrogen (secondary N) is 1. The van der Waals surface area contributed by atoms with Crippen LogP contribution >= 0.6 is 27.3 Å². The van der Waals surface area contributed by atoms with Gasteiger partial charge in [0.15, 0.2) is 5.13 Å². The second kappa shape index (κ2) is 7.71. The lowest BCUT2D eigenvalue weighted by Gasteiger charge is -2.06. The van der Waals surface area contributed by atoms with Crippen molar-refractivity contribution in [2.75, 3.05) is 5.32 Å². The molecule has 1 amide bonds. The number of hydrogen-bond acceptors (Lipinski definition) is 4. The topological polar surface area (TPSA) is 51.2 Å². The van der Waals surface area contributed by atoms with Crippen LogP contribution in [0.2, 0.25) is 0 Å². The summed E-state index contributed by atoms with van der Waals surface area (Å²) in [6.45, 7) is -2.94. The highest BCUT2D eigenvalue weighted by molar-refractivity contribution is 9.10. The Bertz CT molecular complexity index is 902. The zero-order chi connectivity index (χ0) is 17.8. The van der Waals surface area contributed by atoms with Crippen molar-refractivity contribution in [1.29, 1.82) is 0 Å². The van der Waals surface area contributed by atoms with Crippen molar-refractivity contribution in [3.05, 3.63) is 63.9 Å². The van der Waals surface area contributed by atoms with E-state index in [2.05, 4.69) is 31.0 Å². The molecule has 0 fully saturated rings. The molecule has 3 aromatic rings. The Morgan fingerprint density at radius 2 is 2.00 bits per heavy atom. The van der Waals surface area contributed by atoms with Gasteiger partial charge in [-0.2, -0.15) is 8.78 Å². The third-order valence-electron chi connectivity index (χ3n) is 3.17. The van der Waals surface area contributed by atoms with Crippen molar-refractivity contribution in [3.63, 3.8) is 0 Å². The van der Waals surface area contributed by atoms with Crippen LogP contribution in [0.1, 0.15) is 10.4 Å². The van der Waals surface area contributed by atoms with E-state index < -0.39 is 12.5 Å². The molecule has 0 spiro atoms. The molecule has 0 aliphatic rings. The Hall–Kier alpha value is -2.32. The van der Waals surface area contributed by atoms with Crippen LogP contribution in [0.25, 0.3) is 11.3 Å². The molecule has 0 radical (unpaired) electrons. The van der Waals surface area contributed by atoms with Gasteiger partial charge in [-0.1, -0.05) is 34.1 Å². The quantitative estimate of drug-likeness (QED) is 0.594. The number of aromatic nitrogens is 1. The third kappa shape index (κ3) is 4.61. The minimum Gasteiger partial charge on any atom is -0.435 e. The third-order valence-corrected chi connectivity index (χ3v) is 4.42. The van der Waals surface area contributed by atoms with Crippen LogP contribution in [0.15, 0.2) is 58.4 Å². The molecule has 4 nitrogen and oxygen atoms in total. The summed E-state index contributed by atoms with van der Waals surface area (Å²) in [6.07, 6.45) is 0. The maximum Gasteiger partial charge on any atom is 0.387 e. The van der Waals surface area contributed by atoms with E-state index in [1.807, 2.05) is 29.6 Å². The van der Waals surface area contributed by atoms with E-state index in [9.17, 15) is 13.6 Å². The van der Waals surface area contributed by atoms with Crippen molar-refractivity contribution >= 4 is 38.3 Å². The first-order valence-corrected chi connectivity index (χ1v) is 8.76. The molecule has 8 heteroatoms. The number of rotatable bonds is 5. The Morgan fingerprint density at radius 1 is 1.20 bits per heavy atom. The lowest BCUT2D eigenvalue weighted by Crippen LogP contribution is -2.12. The van der Waals surface area contributed by atoms with Crippen LogP contribution < -0.4 is 10.1 Å². The summed E-state index contributed by atoms with van der Waals surface area (Å²) < 4.78 is 29.7. The first kappa shape index (κ1) is 17.5. The van der Waals surface area contributed by atoms with Crippen LogP contribution in [-0.2, 0) is 0 Å². The van der Waals surface area contributed by atoms with Gasteiger partial charge in [0.2, 0.25) is 0 Å². The Labute approximate surface area is 154 Å². The maximum absolute atomic E-state index is 12.3. The Morgan fingerprint density at radius 3 is 2.76 bits per heavy atom. The fraction of sp³-hybridized carbons (Fsp3) is 0.0588. The van der Waals surface area contributed by atoms with E-state index >= 15 is 0 Å². The second-order valence-electron chi connectivity index (χ2n) is 4.91. The van der Waals surface area contributed by atoms with E-state index in [4.69, 9.17) is 0 Å². The molecule has 1 N–H and O–H groups in total. The highest BCUT2D eigenvalue weighted by atomic mass is 79.9. The van der Waals surface area contributed by atoms with Crippen LogP contribution in [0, 0.1) is 0 Å². The summed E-state index contributed by atoms with van der Waals surface area (Å²) in [6, 6.07) is 13.2. The lowest BCUT2D eigenvalue weighted by atomic mass is 10.2. The van der Waals surface area contributed by atoms with E-state index in [0.29, 0.717) is 5.13 Å². The standard InChI is InChI=1S/C17H11BrF2N2O2S/c18-12-5-1-3-10(7-12)14-9-25-17(21-14)22-15(23)11-4-2-6-13(8-11)24-16(19)20/h1-9,16H,(H,21,22,23). The van der Waals surface area contributed by atoms with Gasteiger partial charge >= 0.3 is 6.61 Å². The van der Waals surface area contributed by atoms with Gasteiger partial charge in [0, 0.05) is 21.0 Å². The monoisotopic (exact) mass is 424 g/mol. The number of ether oxygens (including phenoxy) is 1. The van der Waals surface area contributed by atoms with Crippen molar-refractivity contribution in [1.82, 2.24) is 4.98 Å². The highest BCUT2D eigenvalue weighted by Crippen LogP contribution is 2.27. The first-order chi connectivity index (χ1) is 12.0. The Balaban J connectivity index is 1.74. The molecule has 0 atom stereocenters. The minimum atomic E-state index is -2.94. The van der Waals surface area contributed by atoms with Crippen molar-refractivity contribution in [3.8, 4) is 17.0 Å². The molecule has 1 heterocycles. The number of hydrogen-bond donors (Lipinski definition) is 1. The van der Waals surface area contributed by atoms with Crippen LogP contribution in [0.5, 0.6) is 5.75 Å². The number of thiazole rings is 1. The Kier molecular flexibility index (Phi) is 5.40. The molecule has 0 aliphatic carbocycles. The van der Waals surface area contributed by atoms with E-state index in [0.717, 1.165) is 15.7 Å². The largest absolute Gasteiger partial charge is 0.435 e. The van der Waals surface area contributed by atoms with Crippen LogP contribution in [0.4, 0.5) is 13.9 Å². The molecule has 0 saturated heterocycles. The molecule has 0 saturated carbocycles. The molecule has 0 aliphatic heterocycles. The molecule has 0 unspecified atom stereocenters. The van der Waals surface area contributed by atoms with Crippen molar-refractivity contribution in [2.24, 2.45) is 0 Å². The molecule has 128 valence electrons. The van der Waals surface area contributed by atoms with Crippen LogP contribution in [0.3, 0.4) is 0 Å². The first-order valence-electron chi connectivity index (χ1n) is 7.09. The number of carbonyl (C=O) groups excluding carboxylic acids is 1. The van der Waals surface area contributed by atoms with Gasteiger partial charge in [-0.05, 0) is 30.3 Å². The maximum atomic E-state index is 12.3. The molecule has 0 bridgehead atoms. The molecular weight excluding hydrogens is 414 g/mol. The normalized spacial score (nSPS) is 10.7. The summed E-state index contributed by atoms with van der Waals surface area (Å²) in [7, 11) is 0.